The summed E-state index contributed by atoms with van der Waals surface area (Å²) < 4.78 is 26.6. The fourth-order valence-corrected chi connectivity index (χ4v) is 3.52. The molecule has 0 bridgehead atoms. The number of carbonyl (C=O) groups is 2. The molecule has 7 nitrogen and oxygen atoms in total. The van der Waals surface area contributed by atoms with Gasteiger partial charge in [0.15, 0.2) is 0 Å². The number of aryl methyl sites for hydroxylation is 1. The molecule has 2 amide bonds. The number of nitrogens with one attached hydrogen (secondary N) is 3. The molecule has 2 rings (SSSR count). The molecule has 0 heterocycles. The lowest BCUT2D eigenvalue weighted by atomic mass is 10.2. The van der Waals surface area contributed by atoms with Gasteiger partial charge in [-0.2, -0.15) is 0 Å². The largest absolute Gasteiger partial charge is 0.343 e. The molecule has 144 valence electrons. The minimum absolute atomic E-state index is 0.0739. The average molecular weight is 389 g/mol. The van der Waals surface area contributed by atoms with Crippen LogP contribution in [0.5, 0.6) is 0 Å². The minimum Gasteiger partial charge on any atom is -0.343 e. The lowest BCUT2D eigenvalue weighted by molar-refractivity contribution is -0.115. The molecule has 0 saturated carbocycles. The topological polar surface area (TPSA) is 104 Å². The predicted octanol–water partition coefficient (Wildman–Crippen LogP) is 2.05. The molecule has 0 aliphatic carbocycles. The SMILES string of the molecule is Cc1ccc(NC(=O)CNC(=O)c2ccc(S(=O)(=O)NC(C)C)cc2)cc1. The average Bonchev–Trinajstić information content (AvgIpc) is 2.61. The van der Waals surface area contributed by atoms with E-state index < -0.39 is 15.9 Å². The number of hydrogen-bond donors (Lipinski definition) is 3. The van der Waals surface area contributed by atoms with Crippen molar-refractivity contribution < 1.29 is 18.0 Å². The molecular weight excluding hydrogens is 366 g/mol. The third-order valence-corrected chi connectivity index (χ3v) is 5.24. The highest BCUT2D eigenvalue weighted by molar-refractivity contribution is 7.89. The van der Waals surface area contributed by atoms with Crippen LogP contribution in [0.3, 0.4) is 0 Å². The van der Waals surface area contributed by atoms with E-state index in [1.54, 1.807) is 26.0 Å². The van der Waals surface area contributed by atoms with Crippen molar-refractivity contribution in [1.82, 2.24) is 10.0 Å². The van der Waals surface area contributed by atoms with Gasteiger partial charge in [0, 0.05) is 17.3 Å². The Bertz CT molecular complexity index is 905. The molecule has 0 radical (unpaired) electrons. The normalized spacial score (nSPS) is 11.3. The van der Waals surface area contributed by atoms with Crippen molar-refractivity contribution in [3.8, 4) is 0 Å². The van der Waals surface area contributed by atoms with Crippen molar-refractivity contribution in [1.29, 1.82) is 0 Å². The Kier molecular flexibility index (Phi) is 6.70. The monoisotopic (exact) mass is 389 g/mol. The molecule has 8 heteroatoms. The first-order valence-electron chi connectivity index (χ1n) is 8.44. The lowest BCUT2D eigenvalue weighted by Crippen LogP contribution is -2.33. The van der Waals surface area contributed by atoms with Gasteiger partial charge in [-0.3, -0.25) is 9.59 Å². The van der Waals surface area contributed by atoms with Crippen LogP contribution in [-0.4, -0.2) is 32.8 Å². The van der Waals surface area contributed by atoms with E-state index in [1.165, 1.54) is 24.3 Å². The van der Waals surface area contributed by atoms with Crippen LogP contribution in [0.25, 0.3) is 0 Å². The van der Waals surface area contributed by atoms with E-state index in [2.05, 4.69) is 15.4 Å². The predicted molar refractivity (Wildman–Crippen MR) is 104 cm³/mol. The lowest BCUT2D eigenvalue weighted by Gasteiger charge is -2.10. The number of rotatable bonds is 7. The maximum atomic E-state index is 12.1. The van der Waals surface area contributed by atoms with Crippen LogP contribution < -0.4 is 15.4 Å². The van der Waals surface area contributed by atoms with Crippen LogP contribution in [0.15, 0.2) is 53.4 Å². The van der Waals surface area contributed by atoms with E-state index in [0.29, 0.717) is 5.69 Å². The van der Waals surface area contributed by atoms with Crippen molar-refractivity contribution in [3.05, 3.63) is 59.7 Å². The standard InChI is InChI=1S/C19H23N3O4S/c1-13(2)22-27(25,26)17-10-6-15(7-11-17)19(24)20-12-18(23)21-16-8-4-14(3)5-9-16/h4-11,13,22H,12H2,1-3H3,(H,20,24)(H,21,23). The summed E-state index contributed by atoms with van der Waals surface area (Å²) in [6.07, 6.45) is 0. The summed E-state index contributed by atoms with van der Waals surface area (Å²) >= 11 is 0. The zero-order valence-corrected chi connectivity index (χ0v) is 16.3. The van der Waals surface area contributed by atoms with Gasteiger partial charge in [-0.25, -0.2) is 13.1 Å². The van der Waals surface area contributed by atoms with Gasteiger partial charge in [0.1, 0.15) is 0 Å². The van der Waals surface area contributed by atoms with Crippen LogP contribution in [0.2, 0.25) is 0 Å². The number of carbonyl (C=O) groups excluding carboxylic acids is 2. The van der Waals surface area contributed by atoms with E-state index in [0.717, 1.165) is 5.56 Å². The number of anilines is 1. The zero-order valence-electron chi connectivity index (χ0n) is 15.4. The number of amides is 2. The molecule has 0 atom stereocenters. The van der Waals surface area contributed by atoms with Crippen molar-refractivity contribution in [2.24, 2.45) is 0 Å². The van der Waals surface area contributed by atoms with Crippen molar-refractivity contribution in [2.75, 3.05) is 11.9 Å². The fourth-order valence-electron chi connectivity index (χ4n) is 2.27. The molecule has 0 aromatic heterocycles. The molecule has 2 aromatic rings. The van der Waals surface area contributed by atoms with Gasteiger partial charge < -0.3 is 10.6 Å². The van der Waals surface area contributed by atoms with E-state index >= 15 is 0 Å². The highest BCUT2D eigenvalue weighted by Gasteiger charge is 2.16. The summed E-state index contributed by atoms with van der Waals surface area (Å²) in [5.41, 5.74) is 1.99. The minimum atomic E-state index is -3.61. The molecule has 27 heavy (non-hydrogen) atoms. The molecule has 0 aliphatic heterocycles. The first kappa shape index (κ1) is 20.6. The van der Waals surface area contributed by atoms with Crippen molar-refractivity contribution in [2.45, 2.75) is 31.7 Å². The molecular formula is C19H23N3O4S. The summed E-state index contributed by atoms with van der Waals surface area (Å²) in [4.78, 5) is 24.1. The second-order valence-electron chi connectivity index (χ2n) is 6.40. The number of hydrogen-bond acceptors (Lipinski definition) is 4. The molecule has 0 saturated heterocycles. The fraction of sp³-hybridized carbons (Fsp3) is 0.263. The first-order valence-corrected chi connectivity index (χ1v) is 9.93. The maximum Gasteiger partial charge on any atom is 0.251 e. The van der Waals surface area contributed by atoms with Gasteiger partial charge in [-0.15, -0.1) is 0 Å². The van der Waals surface area contributed by atoms with E-state index in [4.69, 9.17) is 0 Å². The van der Waals surface area contributed by atoms with Crippen LogP contribution >= 0.6 is 0 Å². The molecule has 0 spiro atoms. The van der Waals surface area contributed by atoms with Gasteiger partial charge in [-0.05, 0) is 57.2 Å². The second kappa shape index (κ2) is 8.79. The molecule has 0 unspecified atom stereocenters. The van der Waals surface area contributed by atoms with E-state index in [9.17, 15) is 18.0 Å². The number of sulfonamides is 1. The third kappa shape index (κ3) is 6.19. The van der Waals surface area contributed by atoms with Crippen LogP contribution in [0.4, 0.5) is 5.69 Å². The first-order chi connectivity index (χ1) is 12.7. The van der Waals surface area contributed by atoms with Crippen molar-refractivity contribution >= 4 is 27.5 Å². The highest BCUT2D eigenvalue weighted by Crippen LogP contribution is 2.11. The van der Waals surface area contributed by atoms with Gasteiger partial charge in [-0.1, -0.05) is 17.7 Å². The van der Waals surface area contributed by atoms with Gasteiger partial charge in [0.05, 0.1) is 11.4 Å². The summed E-state index contributed by atoms with van der Waals surface area (Å²) in [5, 5.41) is 5.19. The second-order valence-corrected chi connectivity index (χ2v) is 8.11. The Morgan fingerprint density at radius 3 is 2.11 bits per heavy atom. The quantitative estimate of drug-likeness (QED) is 0.674. The summed E-state index contributed by atoms with van der Waals surface area (Å²) in [6, 6.07) is 12.6. The molecule has 2 aromatic carbocycles. The molecule has 0 fully saturated rings. The third-order valence-electron chi connectivity index (χ3n) is 3.56. The van der Waals surface area contributed by atoms with Crippen molar-refractivity contribution in [3.63, 3.8) is 0 Å². The summed E-state index contributed by atoms with van der Waals surface area (Å²) in [6.45, 7) is 5.20. The Balaban J connectivity index is 1.92. The van der Waals surface area contributed by atoms with Gasteiger partial charge >= 0.3 is 0 Å². The van der Waals surface area contributed by atoms with Gasteiger partial charge in [0.2, 0.25) is 15.9 Å². The Labute approximate surface area is 159 Å². The van der Waals surface area contributed by atoms with E-state index in [1.807, 2.05) is 19.1 Å². The van der Waals surface area contributed by atoms with Gasteiger partial charge in [0.25, 0.3) is 5.91 Å². The summed E-state index contributed by atoms with van der Waals surface area (Å²) in [5.74, 6) is -0.817. The Morgan fingerprint density at radius 1 is 0.963 bits per heavy atom. The Hall–Kier alpha value is -2.71. The maximum absolute atomic E-state index is 12.1. The smallest absolute Gasteiger partial charge is 0.251 e. The van der Waals surface area contributed by atoms with Crippen LogP contribution in [-0.2, 0) is 14.8 Å². The van der Waals surface area contributed by atoms with Crippen LogP contribution in [0, 0.1) is 6.92 Å². The molecule has 3 N–H and O–H groups in total. The van der Waals surface area contributed by atoms with Crippen LogP contribution in [0.1, 0.15) is 29.8 Å². The highest BCUT2D eigenvalue weighted by atomic mass is 32.2. The van der Waals surface area contributed by atoms with E-state index in [-0.39, 0.29) is 29.0 Å². The number of benzene rings is 2. The zero-order chi connectivity index (χ0) is 20.0. The summed E-state index contributed by atoms with van der Waals surface area (Å²) in [7, 11) is -3.61. The molecule has 0 aliphatic rings. The Morgan fingerprint density at radius 2 is 1.56 bits per heavy atom.